The van der Waals surface area contributed by atoms with Crippen LogP contribution in [0.4, 0.5) is 22.0 Å². The van der Waals surface area contributed by atoms with E-state index in [4.69, 9.17) is 0 Å². The molecule has 8 nitrogen and oxygen atoms in total. The Kier molecular flexibility index (Phi) is 6.67. The first-order valence-corrected chi connectivity index (χ1v) is 12.1. The van der Waals surface area contributed by atoms with Crippen LogP contribution in [0.1, 0.15) is 31.4 Å². The zero-order chi connectivity index (χ0) is 26.4. The fourth-order valence-corrected chi connectivity index (χ4v) is 5.16. The van der Waals surface area contributed by atoms with E-state index in [0.29, 0.717) is 30.7 Å². The Bertz CT molecular complexity index is 1430. The highest BCUT2D eigenvalue weighted by Crippen LogP contribution is 2.43. The Morgan fingerprint density at radius 2 is 1.97 bits per heavy atom. The van der Waals surface area contributed by atoms with Crippen molar-refractivity contribution >= 4 is 20.9 Å². The van der Waals surface area contributed by atoms with Crippen LogP contribution >= 0.6 is 0 Å². The lowest BCUT2D eigenvalue weighted by atomic mass is 9.88. The second-order valence-corrected chi connectivity index (χ2v) is 9.95. The molecule has 1 aliphatic carbocycles. The largest absolute Gasteiger partial charge is 0.435 e. The van der Waals surface area contributed by atoms with Crippen molar-refractivity contribution in [2.75, 3.05) is 0 Å². The van der Waals surface area contributed by atoms with E-state index in [0.717, 1.165) is 12.3 Å². The van der Waals surface area contributed by atoms with Gasteiger partial charge in [0.1, 0.15) is 22.8 Å². The first kappa shape index (κ1) is 25.8. The fraction of sp³-hybridized carbons (Fsp3) is 0.364. The molecule has 0 aliphatic heterocycles. The standard InChI is InChI=1S/C22H19F5N4O4S/c1-11(22(25,26)27)30-36(33,34)13-3-5-16(29-10-13)20-15(9-28)14-4-2-12(35-21(23)24)8-18(14)31(20)17-6-7-19(17)32/h2-5,8,10-11,17,19,21,30,32H,6-7H2,1H3/t11-,17?,19?/m0/s1. The van der Waals surface area contributed by atoms with Gasteiger partial charge in [0.2, 0.25) is 10.0 Å². The quantitative estimate of drug-likeness (QED) is 0.445. The van der Waals surface area contributed by atoms with Gasteiger partial charge in [-0.15, -0.1) is 0 Å². The molecule has 0 bridgehead atoms. The molecule has 3 aromatic rings. The molecule has 2 unspecified atom stereocenters. The summed E-state index contributed by atoms with van der Waals surface area (Å²) in [7, 11) is -4.56. The fourth-order valence-electron chi connectivity index (χ4n) is 3.99. The predicted molar refractivity (Wildman–Crippen MR) is 117 cm³/mol. The zero-order valence-electron chi connectivity index (χ0n) is 18.5. The van der Waals surface area contributed by atoms with Crippen LogP contribution in [0, 0.1) is 11.3 Å². The third kappa shape index (κ3) is 4.73. The topological polar surface area (TPSA) is 117 Å². The van der Waals surface area contributed by atoms with Crippen molar-refractivity contribution < 1.29 is 40.2 Å². The van der Waals surface area contributed by atoms with Gasteiger partial charge in [0.15, 0.2) is 0 Å². The Morgan fingerprint density at radius 1 is 1.25 bits per heavy atom. The lowest BCUT2D eigenvalue weighted by Crippen LogP contribution is -2.42. The van der Waals surface area contributed by atoms with E-state index >= 15 is 0 Å². The molecule has 2 heterocycles. The van der Waals surface area contributed by atoms with Crippen molar-refractivity contribution in [2.45, 2.75) is 55.6 Å². The number of benzene rings is 1. The molecule has 4 rings (SSSR count). The van der Waals surface area contributed by atoms with E-state index in [1.165, 1.54) is 29.0 Å². The number of rotatable bonds is 7. The number of aliphatic hydroxyl groups is 1. The van der Waals surface area contributed by atoms with Crippen molar-refractivity contribution in [2.24, 2.45) is 0 Å². The monoisotopic (exact) mass is 530 g/mol. The number of aliphatic hydroxyl groups excluding tert-OH is 1. The number of ether oxygens (including phenoxy) is 1. The Balaban J connectivity index is 1.82. The van der Waals surface area contributed by atoms with Gasteiger partial charge in [-0.3, -0.25) is 4.98 Å². The number of hydrogen-bond acceptors (Lipinski definition) is 6. The maximum atomic E-state index is 12.8. The summed E-state index contributed by atoms with van der Waals surface area (Å²) in [4.78, 5) is 3.55. The number of halogens is 5. The highest BCUT2D eigenvalue weighted by molar-refractivity contribution is 7.89. The first-order valence-electron chi connectivity index (χ1n) is 10.6. The van der Waals surface area contributed by atoms with Gasteiger partial charge in [0.05, 0.1) is 34.6 Å². The van der Waals surface area contributed by atoms with Gasteiger partial charge in [-0.2, -0.15) is 31.9 Å². The number of fused-ring (bicyclic) bond motifs is 1. The van der Waals surface area contributed by atoms with Gasteiger partial charge in [0, 0.05) is 17.6 Å². The van der Waals surface area contributed by atoms with Gasteiger partial charge in [0.25, 0.3) is 0 Å². The molecule has 14 heteroatoms. The Morgan fingerprint density at radius 3 is 2.47 bits per heavy atom. The average molecular weight is 530 g/mol. The molecule has 2 aromatic heterocycles. The summed E-state index contributed by atoms with van der Waals surface area (Å²) >= 11 is 0. The number of nitrogens with one attached hydrogen (secondary N) is 1. The molecule has 0 amide bonds. The minimum atomic E-state index is -4.79. The molecule has 192 valence electrons. The second-order valence-electron chi connectivity index (χ2n) is 8.24. The first-order chi connectivity index (χ1) is 16.8. The lowest BCUT2D eigenvalue weighted by Gasteiger charge is -2.35. The van der Waals surface area contributed by atoms with Gasteiger partial charge in [-0.1, -0.05) is 0 Å². The van der Waals surface area contributed by atoms with Crippen LogP contribution in [0.15, 0.2) is 41.4 Å². The Hall–Kier alpha value is -3.28. The summed E-state index contributed by atoms with van der Waals surface area (Å²) in [5.74, 6) is -0.166. The van der Waals surface area contributed by atoms with Gasteiger partial charge < -0.3 is 14.4 Å². The number of hydrogen-bond donors (Lipinski definition) is 2. The van der Waals surface area contributed by atoms with Crippen LogP contribution in [0.3, 0.4) is 0 Å². The number of nitrogens with zero attached hydrogens (tertiary/aromatic N) is 3. The van der Waals surface area contributed by atoms with Crippen molar-refractivity contribution in [3.05, 3.63) is 42.1 Å². The normalized spacial score (nSPS) is 19.2. The van der Waals surface area contributed by atoms with E-state index in [9.17, 15) is 40.7 Å². The third-order valence-corrected chi connectivity index (χ3v) is 7.48. The molecular weight excluding hydrogens is 511 g/mol. The van der Waals surface area contributed by atoms with Crippen molar-refractivity contribution in [1.82, 2.24) is 14.3 Å². The third-order valence-electron chi connectivity index (χ3n) is 5.96. The second kappa shape index (κ2) is 9.30. The molecule has 36 heavy (non-hydrogen) atoms. The molecule has 1 saturated carbocycles. The van der Waals surface area contributed by atoms with Crippen molar-refractivity contribution in [3.63, 3.8) is 0 Å². The van der Waals surface area contributed by atoms with Crippen LogP contribution in [0.5, 0.6) is 5.75 Å². The van der Waals surface area contributed by atoms with Gasteiger partial charge >= 0.3 is 12.8 Å². The van der Waals surface area contributed by atoms with Gasteiger partial charge in [-0.25, -0.2) is 8.42 Å². The molecule has 2 N–H and O–H groups in total. The minimum Gasteiger partial charge on any atom is -0.435 e. The maximum Gasteiger partial charge on any atom is 0.404 e. The van der Waals surface area contributed by atoms with E-state index in [2.05, 4.69) is 9.72 Å². The highest BCUT2D eigenvalue weighted by Gasteiger charge is 2.39. The van der Waals surface area contributed by atoms with E-state index < -0.39 is 45.9 Å². The van der Waals surface area contributed by atoms with Crippen molar-refractivity contribution in [1.29, 1.82) is 5.26 Å². The van der Waals surface area contributed by atoms with E-state index in [1.54, 1.807) is 4.57 Å². The van der Waals surface area contributed by atoms with E-state index in [-0.39, 0.29) is 22.7 Å². The van der Waals surface area contributed by atoms with Crippen LogP contribution in [-0.4, -0.2) is 48.0 Å². The summed E-state index contributed by atoms with van der Waals surface area (Å²) in [5.41, 5.74) is 0.717. The summed E-state index contributed by atoms with van der Waals surface area (Å²) in [6, 6.07) is 5.42. The van der Waals surface area contributed by atoms with Gasteiger partial charge in [-0.05, 0) is 44.0 Å². The lowest BCUT2D eigenvalue weighted by molar-refractivity contribution is -0.147. The molecule has 0 saturated heterocycles. The average Bonchev–Trinajstić information content (AvgIpc) is 3.10. The number of alkyl halides is 5. The highest BCUT2D eigenvalue weighted by atomic mass is 32.2. The molecule has 1 aliphatic rings. The smallest absolute Gasteiger partial charge is 0.404 e. The number of pyridine rings is 1. The molecule has 3 atom stereocenters. The molecule has 0 radical (unpaired) electrons. The van der Waals surface area contributed by atoms with Crippen LogP contribution in [0.2, 0.25) is 0 Å². The van der Waals surface area contributed by atoms with Crippen LogP contribution < -0.4 is 9.46 Å². The summed E-state index contributed by atoms with van der Waals surface area (Å²) < 4.78 is 96.3. The van der Waals surface area contributed by atoms with Crippen molar-refractivity contribution in [3.8, 4) is 23.2 Å². The van der Waals surface area contributed by atoms with Crippen LogP contribution in [0.25, 0.3) is 22.3 Å². The Labute approximate surface area is 202 Å². The summed E-state index contributed by atoms with van der Waals surface area (Å²) in [5, 5.41) is 20.6. The predicted octanol–water partition coefficient (Wildman–Crippen LogP) is 4.10. The van der Waals surface area contributed by atoms with E-state index in [1.807, 2.05) is 6.07 Å². The molecule has 0 spiro atoms. The molecule has 1 aromatic carbocycles. The molecule has 1 fully saturated rings. The summed E-state index contributed by atoms with van der Waals surface area (Å²) in [6.45, 7) is -2.42. The summed E-state index contributed by atoms with van der Waals surface area (Å²) in [6.07, 6.45) is -3.76. The zero-order valence-corrected chi connectivity index (χ0v) is 19.3. The number of aromatic nitrogens is 2. The number of sulfonamides is 1. The van der Waals surface area contributed by atoms with Crippen LogP contribution in [-0.2, 0) is 10.0 Å². The maximum absolute atomic E-state index is 12.8. The molecular formula is C22H19F5N4O4S. The SMILES string of the molecule is C[C@H](NS(=O)(=O)c1ccc(-c2c(C#N)c3ccc(OC(F)F)cc3n2C2CCC2O)nc1)C(F)(F)F. The minimum absolute atomic E-state index is 0.0969. The number of nitriles is 1.